The summed E-state index contributed by atoms with van der Waals surface area (Å²) in [6.07, 6.45) is 0.751. The van der Waals surface area contributed by atoms with E-state index >= 15 is 0 Å². The summed E-state index contributed by atoms with van der Waals surface area (Å²) in [7, 11) is -3.79. The molecule has 0 saturated heterocycles. The molecule has 6 nitrogen and oxygen atoms in total. The van der Waals surface area contributed by atoms with E-state index in [1.807, 2.05) is 6.07 Å². The molecule has 1 aliphatic rings. The summed E-state index contributed by atoms with van der Waals surface area (Å²) in [5.74, 6) is -1.61. The van der Waals surface area contributed by atoms with E-state index in [4.69, 9.17) is 0 Å². The van der Waals surface area contributed by atoms with Crippen LogP contribution in [0.4, 0.5) is 0 Å². The molecule has 1 aromatic carbocycles. The smallest absolute Gasteiger partial charge is 0.324 e. The molecule has 2 rings (SSSR count). The Morgan fingerprint density at radius 2 is 2.09 bits per heavy atom. The first-order valence-electron chi connectivity index (χ1n) is 6.57. The molecule has 0 aliphatic carbocycles. The Morgan fingerprint density at radius 1 is 1.45 bits per heavy atom. The Bertz CT molecular complexity index is 746. The molecule has 1 aromatic rings. The predicted molar refractivity (Wildman–Crippen MR) is 84.4 cm³/mol. The average Bonchev–Trinajstić information content (AvgIpc) is 2.70. The number of hydrogen-bond acceptors (Lipinski definition) is 4. The van der Waals surface area contributed by atoms with Crippen molar-refractivity contribution in [1.29, 1.82) is 0 Å². The van der Waals surface area contributed by atoms with Crippen molar-refractivity contribution in [1.82, 2.24) is 4.90 Å². The number of nitrogens with zero attached hydrogens (tertiary/aromatic N) is 1. The average molecular weight is 390 g/mol. The molecular weight excluding hydrogens is 374 g/mol. The third-order valence-electron chi connectivity index (χ3n) is 4.08. The van der Waals surface area contributed by atoms with Crippen LogP contribution in [-0.4, -0.2) is 47.8 Å². The Balaban J connectivity index is 2.17. The summed E-state index contributed by atoms with van der Waals surface area (Å²) in [6, 6.07) is 5.30. The number of carbonyl (C=O) groups is 2. The highest BCUT2D eigenvalue weighted by Crippen LogP contribution is 2.28. The van der Waals surface area contributed by atoms with Crippen molar-refractivity contribution in [3.63, 3.8) is 0 Å². The van der Waals surface area contributed by atoms with E-state index in [0.717, 1.165) is 16.3 Å². The van der Waals surface area contributed by atoms with Crippen molar-refractivity contribution in [3.05, 3.63) is 33.8 Å². The molecule has 0 aromatic heterocycles. The SMILES string of the molecule is CC(CCN1Cc2cc(Br)ccc2C1=O)(C(=O)O)S(C)(=O)=O. The van der Waals surface area contributed by atoms with Crippen LogP contribution in [0, 0.1) is 0 Å². The number of hydrogen-bond donors (Lipinski definition) is 1. The van der Waals surface area contributed by atoms with Crippen LogP contribution in [0.15, 0.2) is 22.7 Å². The highest BCUT2D eigenvalue weighted by molar-refractivity contribution is 9.10. The van der Waals surface area contributed by atoms with Crippen LogP contribution in [0.3, 0.4) is 0 Å². The zero-order valence-electron chi connectivity index (χ0n) is 12.2. The zero-order chi connectivity index (χ0) is 16.7. The minimum atomic E-state index is -3.79. The molecule has 22 heavy (non-hydrogen) atoms. The summed E-state index contributed by atoms with van der Waals surface area (Å²) in [5.41, 5.74) is 1.41. The number of carboxylic acid groups (broad SMARTS) is 1. The molecule has 0 bridgehead atoms. The van der Waals surface area contributed by atoms with Gasteiger partial charge in [-0.1, -0.05) is 15.9 Å². The van der Waals surface area contributed by atoms with Gasteiger partial charge >= 0.3 is 5.97 Å². The van der Waals surface area contributed by atoms with Gasteiger partial charge in [-0.2, -0.15) is 0 Å². The number of fused-ring (bicyclic) bond motifs is 1. The number of sulfone groups is 1. The topological polar surface area (TPSA) is 91.8 Å². The van der Waals surface area contributed by atoms with E-state index in [-0.39, 0.29) is 18.9 Å². The molecule has 1 heterocycles. The fourth-order valence-corrected chi connectivity index (χ4v) is 3.52. The van der Waals surface area contributed by atoms with Gasteiger partial charge < -0.3 is 10.0 Å². The molecule has 1 N–H and O–H groups in total. The molecule has 1 atom stereocenters. The van der Waals surface area contributed by atoms with Gasteiger partial charge in [0.1, 0.15) is 0 Å². The number of rotatable bonds is 5. The Hall–Kier alpha value is -1.41. The van der Waals surface area contributed by atoms with Crippen LogP contribution in [-0.2, 0) is 21.2 Å². The molecule has 0 fully saturated rings. The molecule has 0 saturated carbocycles. The summed E-state index contributed by atoms with van der Waals surface area (Å²) in [5, 5.41) is 9.23. The quantitative estimate of drug-likeness (QED) is 0.826. The lowest BCUT2D eigenvalue weighted by atomic mass is 10.1. The maximum absolute atomic E-state index is 12.3. The third-order valence-corrected chi connectivity index (χ3v) is 6.58. The van der Waals surface area contributed by atoms with Gasteiger partial charge in [0.15, 0.2) is 14.6 Å². The first-order valence-corrected chi connectivity index (χ1v) is 9.25. The second kappa shape index (κ2) is 5.66. The van der Waals surface area contributed by atoms with Crippen LogP contribution in [0.2, 0.25) is 0 Å². The Kier molecular flexibility index (Phi) is 4.36. The van der Waals surface area contributed by atoms with Crippen LogP contribution in [0.5, 0.6) is 0 Å². The van der Waals surface area contributed by atoms with Crippen LogP contribution < -0.4 is 0 Å². The molecule has 0 spiro atoms. The number of benzene rings is 1. The molecular formula is C14H16BrNO5S. The Labute approximate surface area is 137 Å². The summed E-state index contributed by atoms with van der Waals surface area (Å²) < 4.78 is 22.5. The lowest BCUT2D eigenvalue weighted by Gasteiger charge is -2.25. The van der Waals surface area contributed by atoms with E-state index < -0.39 is 20.6 Å². The lowest BCUT2D eigenvalue weighted by molar-refractivity contribution is -0.139. The van der Waals surface area contributed by atoms with Gasteiger partial charge in [0.25, 0.3) is 5.91 Å². The van der Waals surface area contributed by atoms with Gasteiger partial charge in [-0.25, -0.2) is 8.42 Å². The van der Waals surface area contributed by atoms with Gasteiger partial charge in [0.05, 0.1) is 0 Å². The fraction of sp³-hybridized carbons (Fsp3) is 0.429. The maximum Gasteiger partial charge on any atom is 0.324 e. The van der Waals surface area contributed by atoms with Crippen molar-refractivity contribution >= 4 is 37.6 Å². The molecule has 0 radical (unpaired) electrons. The van der Waals surface area contributed by atoms with Crippen molar-refractivity contribution in [2.24, 2.45) is 0 Å². The molecule has 120 valence electrons. The largest absolute Gasteiger partial charge is 0.480 e. The zero-order valence-corrected chi connectivity index (χ0v) is 14.6. The summed E-state index contributed by atoms with van der Waals surface area (Å²) in [4.78, 5) is 25.1. The molecule has 1 aliphatic heterocycles. The van der Waals surface area contributed by atoms with E-state index in [9.17, 15) is 23.1 Å². The second-order valence-corrected chi connectivity index (χ2v) is 8.95. The van der Waals surface area contributed by atoms with Gasteiger partial charge in [0.2, 0.25) is 0 Å². The third kappa shape index (κ3) is 2.89. The lowest BCUT2D eigenvalue weighted by Crippen LogP contribution is -2.45. The molecule has 1 amide bonds. The predicted octanol–water partition coefficient (Wildman–Crippen LogP) is 1.68. The summed E-state index contributed by atoms with van der Waals surface area (Å²) in [6.45, 7) is 1.60. The summed E-state index contributed by atoms with van der Waals surface area (Å²) >= 11 is 3.33. The van der Waals surface area contributed by atoms with Crippen LogP contribution in [0.1, 0.15) is 29.3 Å². The van der Waals surface area contributed by atoms with Crippen molar-refractivity contribution in [2.75, 3.05) is 12.8 Å². The first-order chi connectivity index (χ1) is 10.1. The molecule has 1 unspecified atom stereocenters. The normalized spacial score (nSPS) is 17.2. The van der Waals surface area contributed by atoms with Crippen LogP contribution in [0.25, 0.3) is 0 Å². The standard InChI is InChI=1S/C14H16BrNO5S/c1-14(13(18)19,22(2,20)21)5-6-16-8-9-7-10(15)3-4-11(9)12(16)17/h3-4,7H,5-6,8H2,1-2H3,(H,18,19). The first kappa shape index (κ1) is 17.0. The number of carboxylic acids is 1. The number of aliphatic carboxylic acids is 1. The van der Waals surface area contributed by atoms with Gasteiger partial charge in [-0.05, 0) is 37.1 Å². The maximum atomic E-state index is 12.3. The van der Waals surface area contributed by atoms with E-state index in [0.29, 0.717) is 12.1 Å². The minimum absolute atomic E-state index is 0.0704. The number of amides is 1. The van der Waals surface area contributed by atoms with Crippen LogP contribution >= 0.6 is 15.9 Å². The molecule has 8 heteroatoms. The Morgan fingerprint density at radius 3 is 2.64 bits per heavy atom. The van der Waals surface area contributed by atoms with Crippen molar-refractivity contribution in [3.8, 4) is 0 Å². The second-order valence-electron chi connectivity index (χ2n) is 5.59. The van der Waals surface area contributed by atoms with E-state index in [1.54, 1.807) is 12.1 Å². The van der Waals surface area contributed by atoms with Gasteiger partial charge in [-0.15, -0.1) is 0 Å². The van der Waals surface area contributed by atoms with Crippen molar-refractivity contribution < 1.29 is 23.1 Å². The van der Waals surface area contributed by atoms with Gasteiger partial charge in [0, 0.05) is 29.4 Å². The van der Waals surface area contributed by atoms with E-state index in [1.165, 1.54) is 11.8 Å². The monoisotopic (exact) mass is 389 g/mol. The van der Waals surface area contributed by atoms with Gasteiger partial charge in [-0.3, -0.25) is 9.59 Å². The number of halogens is 1. The van der Waals surface area contributed by atoms with E-state index in [2.05, 4.69) is 15.9 Å². The highest BCUT2D eigenvalue weighted by Gasteiger charge is 2.44. The minimum Gasteiger partial charge on any atom is -0.480 e. The number of carbonyl (C=O) groups excluding carboxylic acids is 1. The highest BCUT2D eigenvalue weighted by atomic mass is 79.9. The van der Waals surface area contributed by atoms with Crippen molar-refractivity contribution in [2.45, 2.75) is 24.6 Å². The fourth-order valence-electron chi connectivity index (χ4n) is 2.33.